The lowest BCUT2D eigenvalue weighted by Gasteiger charge is -2.10. The molecule has 0 radical (unpaired) electrons. The van der Waals surface area contributed by atoms with E-state index in [1.807, 2.05) is 17.4 Å². The van der Waals surface area contributed by atoms with Gasteiger partial charge in [0.05, 0.1) is 0 Å². The molecule has 0 spiro atoms. The Bertz CT molecular complexity index is 547. The molecule has 0 amide bonds. The molecule has 1 N–H and O–H groups in total. The quantitative estimate of drug-likeness (QED) is 0.774. The molecule has 1 unspecified atom stereocenters. The average molecular weight is 294 g/mol. The van der Waals surface area contributed by atoms with E-state index in [1.54, 1.807) is 0 Å². The normalized spacial score (nSPS) is 12.6. The highest BCUT2D eigenvalue weighted by Crippen LogP contribution is 2.34. The van der Waals surface area contributed by atoms with Crippen LogP contribution in [0, 0.1) is 6.92 Å². The predicted octanol–water partition coefficient (Wildman–Crippen LogP) is 5.44. The lowest BCUT2D eigenvalue weighted by molar-refractivity contribution is 0.578. The molecule has 2 aromatic rings. The van der Waals surface area contributed by atoms with Crippen molar-refractivity contribution in [3.8, 4) is 10.4 Å². The maximum atomic E-state index is 6.10. The Hall–Kier alpha value is -0.830. The third-order valence-corrected chi connectivity index (χ3v) is 4.76. The van der Waals surface area contributed by atoms with Crippen LogP contribution in [-0.4, -0.2) is 6.54 Å². The SMILES string of the molecule is CCCNC(C)c1ccc(-c2cc(Cl)ccc2C)s1. The van der Waals surface area contributed by atoms with Gasteiger partial charge < -0.3 is 5.32 Å². The first kappa shape index (κ1) is 14.6. The molecule has 0 aliphatic rings. The van der Waals surface area contributed by atoms with Crippen molar-refractivity contribution < 1.29 is 0 Å². The Morgan fingerprint density at radius 3 is 2.79 bits per heavy atom. The van der Waals surface area contributed by atoms with Gasteiger partial charge in [0.2, 0.25) is 0 Å². The summed E-state index contributed by atoms with van der Waals surface area (Å²) in [6.45, 7) is 7.60. The fourth-order valence-corrected chi connectivity index (χ4v) is 3.34. The van der Waals surface area contributed by atoms with E-state index in [1.165, 1.54) is 20.9 Å². The highest BCUT2D eigenvalue weighted by molar-refractivity contribution is 7.15. The molecule has 1 nitrogen and oxygen atoms in total. The first-order chi connectivity index (χ1) is 9.11. The third kappa shape index (κ3) is 3.59. The van der Waals surface area contributed by atoms with Crippen LogP contribution >= 0.6 is 22.9 Å². The highest BCUT2D eigenvalue weighted by Gasteiger charge is 2.10. The van der Waals surface area contributed by atoms with E-state index >= 15 is 0 Å². The summed E-state index contributed by atoms with van der Waals surface area (Å²) in [7, 11) is 0. The molecule has 0 fully saturated rings. The van der Waals surface area contributed by atoms with E-state index in [2.05, 4.69) is 50.4 Å². The molecule has 3 heteroatoms. The summed E-state index contributed by atoms with van der Waals surface area (Å²) in [6.07, 6.45) is 1.16. The molecule has 1 atom stereocenters. The summed E-state index contributed by atoms with van der Waals surface area (Å²) < 4.78 is 0. The van der Waals surface area contributed by atoms with Crippen LogP contribution in [0.5, 0.6) is 0 Å². The van der Waals surface area contributed by atoms with Gasteiger partial charge >= 0.3 is 0 Å². The molecule has 0 aliphatic carbocycles. The summed E-state index contributed by atoms with van der Waals surface area (Å²) in [4.78, 5) is 2.67. The zero-order valence-electron chi connectivity index (χ0n) is 11.7. The third-order valence-electron chi connectivity index (χ3n) is 3.22. The molecule has 19 heavy (non-hydrogen) atoms. The van der Waals surface area contributed by atoms with Crippen LogP contribution in [0.2, 0.25) is 5.02 Å². The minimum atomic E-state index is 0.415. The molecule has 2 rings (SSSR count). The Balaban J connectivity index is 2.23. The van der Waals surface area contributed by atoms with E-state index in [4.69, 9.17) is 11.6 Å². The first-order valence-electron chi connectivity index (χ1n) is 6.71. The van der Waals surface area contributed by atoms with Crippen molar-refractivity contribution in [3.63, 3.8) is 0 Å². The maximum Gasteiger partial charge on any atom is 0.0412 e. The Labute approximate surface area is 124 Å². The maximum absolute atomic E-state index is 6.10. The second-order valence-electron chi connectivity index (χ2n) is 4.84. The number of rotatable bonds is 5. The zero-order valence-corrected chi connectivity index (χ0v) is 13.2. The van der Waals surface area contributed by atoms with Crippen LogP contribution in [0.15, 0.2) is 30.3 Å². The van der Waals surface area contributed by atoms with Crippen molar-refractivity contribution in [2.24, 2.45) is 0 Å². The van der Waals surface area contributed by atoms with Crippen LogP contribution in [0.1, 0.15) is 36.8 Å². The Morgan fingerprint density at radius 1 is 1.26 bits per heavy atom. The fraction of sp³-hybridized carbons (Fsp3) is 0.375. The molecular formula is C16H20ClNS. The van der Waals surface area contributed by atoms with Crippen LogP contribution in [0.4, 0.5) is 0 Å². The zero-order chi connectivity index (χ0) is 13.8. The summed E-state index contributed by atoms with van der Waals surface area (Å²) in [5.74, 6) is 0. The highest BCUT2D eigenvalue weighted by atomic mass is 35.5. The van der Waals surface area contributed by atoms with Gasteiger partial charge in [0.1, 0.15) is 0 Å². The van der Waals surface area contributed by atoms with Gasteiger partial charge in [-0.3, -0.25) is 0 Å². The van der Waals surface area contributed by atoms with Crippen molar-refractivity contribution in [2.75, 3.05) is 6.54 Å². The topological polar surface area (TPSA) is 12.0 Å². The molecular weight excluding hydrogens is 274 g/mol. The number of hydrogen-bond acceptors (Lipinski definition) is 2. The molecule has 0 saturated carbocycles. The van der Waals surface area contributed by atoms with Crippen molar-refractivity contribution in [1.29, 1.82) is 0 Å². The number of nitrogens with one attached hydrogen (secondary N) is 1. The monoisotopic (exact) mass is 293 g/mol. The second kappa shape index (κ2) is 6.56. The van der Waals surface area contributed by atoms with Gasteiger partial charge in [-0.05, 0) is 62.2 Å². The molecule has 1 aromatic carbocycles. The van der Waals surface area contributed by atoms with E-state index < -0.39 is 0 Å². The molecule has 1 heterocycles. The molecule has 0 aliphatic heterocycles. The number of halogens is 1. The summed E-state index contributed by atoms with van der Waals surface area (Å²) >= 11 is 7.94. The number of hydrogen-bond donors (Lipinski definition) is 1. The predicted molar refractivity (Wildman–Crippen MR) is 86.2 cm³/mol. The minimum absolute atomic E-state index is 0.415. The summed E-state index contributed by atoms with van der Waals surface area (Å²) in [5.41, 5.74) is 2.51. The van der Waals surface area contributed by atoms with Gasteiger partial charge in [0, 0.05) is 20.8 Å². The first-order valence-corrected chi connectivity index (χ1v) is 7.91. The van der Waals surface area contributed by atoms with E-state index in [0.29, 0.717) is 6.04 Å². The van der Waals surface area contributed by atoms with Crippen LogP contribution in [0.25, 0.3) is 10.4 Å². The number of benzene rings is 1. The van der Waals surface area contributed by atoms with Gasteiger partial charge in [-0.25, -0.2) is 0 Å². The van der Waals surface area contributed by atoms with E-state index in [0.717, 1.165) is 18.0 Å². The lowest BCUT2D eigenvalue weighted by Crippen LogP contribution is -2.18. The van der Waals surface area contributed by atoms with Crippen molar-refractivity contribution >= 4 is 22.9 Å². The standard InChI is InChI=1S/C16H20ClNS/c1-4-9-18-12(3)15-7-8-16(19-15)14-10-13(17)6-5-11(14)2/h5-8,10,12,18H,4,9H2,1-3H3. The summed E-state index contributed by atoms with van der Waals surface area (Å²) in [6, 6.07) is 10.9. The molecule has 0 saturated heterocycles. The van der Waals surface area contributed by atoms with Gasteiger partial charge in [-0.2, -0.15) is 0 Å². The average Bonchev–Trinajstić information content (AvgIpc) is 2.88. The van der Waals surface area contributed by atoms with Gasteiger partial charge in [-0.1, -0.05) is 24.6 Å². The number of thiophene rings is 1. The van der Waals surface area contributed by atoms with Gasteiger partial charge in [0.25, 0.3) is 0 Å². The van der Waals surface area contributed by atoms with Crippen molar-refractivity contribution in [2.45, 2.75) is 33.2 Å². The minimum Gasteiger partial charge on any atom is -0.309 e. The molecule has 102 valence electrons. The molecule has 1 aromatic heterocycles. The van der Waals surface area contributed by atoms with Crippen LogP contribution < -0.4 is 5.32 Å². The summed E-state index contributed by atoms with van der Waals surface area (Å²) in [5, 5.41) is 4.32. The smallest absolute Gasteiger partial charge is 0.0412 e. The van der Waals surface area contributed by atoms with Gasteiger partial charge in [0.15, 0.2) is 0 Å². The fourth-order valence-electron chi connectivity index (χ4n) is 2.05. The van der Waals surface area contributed by atoms with Crippen molar-refractivity contribution in [3.05, 3.63) is 45.8 Å². The Kier molecular flexibility index (Phi) is 5.03. The van der Waals surface area contributed by atoms with Crippen LogP contribution in [0.3, 0.4) is 0 Å². The lowest BCUT2D eigenvalue weighted by atomic mass is 10.1. The van der Waals surface area contributed by atoms with Gasteiger partial charge in [-0.15, -0.1) is 11.3 Å². The van der Waals surface area contributed by atoms with Crippen LogP contribution in [-0.2, 0) is 0 Å². The van der Waals surface area contributed by atoms with E-state index in [9.17, 15) is 0 Å². The second-order valence-corrected chi connectivity index (χ2v) is 6.39. The largest absolute Gasteiger partial charge is 0.309 e. The van der Waals surface area contributed by atoms with Crippen molar-refractivity contribution in [1.82, 2.24) is 5.32 Å². The Morgan fingerprint density at radius 2 is 2.05 bits per heavy atom. The van der Waals surface area contributed by atoms with E-state index in [-0.39, 0.29) is 0 Å². The molecule has 0 bridgehead atoms. The number of aryl methyl sites for hydroxylation is 1.